The molecule has 3 rings (SSSR count). The second-order valence-electron chi connectivity index (χ2n) is 12.3. The normalized spacial score (nSPS) is 16.7. The molecule has 1 fully saturated rings. The molecule has 0 aliphatic heterocycles. The van der Waals surface area contributed by atoms with Crippen LogP contribution in [-0.4, -0.2) is 52.5 Å². The van der Waals surface area contributed by atoms with E-state index in [1.165, 1.54) is 17.8 Å². The second-order valence-corrected chi connectivity index (χ2v) is 13.2. The number of benzene rings is 1. The average Bonchev–Trinajstić information content (AvgIpc) is 3.54. The molecule has 6 N–H and O–H groups in total. The van der Waals surface area contributed by atoms with Crippen molar-refractivity contribution in [1.29, 1.82) is 0 Å². The Hall–Kier alpha value is -2.82. The van der Waals surface area contributed by atoms with Crippen LogP contribution >= 0.6 is 11.3 Å². The van der Waals surface area contributed by atoms with Crippen LogP contribution in [0.3, 0.4) is 0 Å². The van der Waals surface area contributed by atoms with Crippen molar-refractivity contribution in [2.45, 2.75) is 115 Å². The molecule has 10 heteroatoms. The van der Waals surface area contributed by atoms with Crippen molar-refractivity contribution in [1.82, 2.24) is 20.9 Å². The number of rotatable bonds is 18. The molecular weight excluding hydrogens is 562 g/mol. The lowest BCUT2D eigenvalue weighted by molar-refractivity contribution is -0.133. The summed E-state index contributed by atoms with van der Waals surface area (Å²) in [5, 5.41) is 22.6. The van der Waals surface area contributed by atoms with Crippen molar-refractivity contribution in [2.75, 3.05) is 6.54 Å². The number of hydrogen-bond donors (Lipinski definition) is 5. The molecular formula is C33H51N5O4S. The predicted molar refractivity (Wildman–Crippen MR) is 171 cm³/mol. The molecule has 1 aromatic heterocycles. The van der Waals surface area contributed by atoms with Gasteiger partial charge >= 0.3 is 0 Å². The van der Waals surface area contributed by atoms with Crippen LogP contribution in [0.25, 0.3) is 0 Å². The van der Waals surface area contributed by atoms with Gasteiger partial charge in [-0.2, -0.15) is 0 Å². The molecule has 9 nitrogen and oxygen atoms in total. The van der Waals surface area contributed by atoms with Crippen molar-refractivity contribution < 1.29 is 19.5 Å². The summed E-state index contributed by atoms with van der Waals surface area (Å²) in [5.74, 6) is -0.380. The van der Waals surface area contributed by atoms with Gasteiger partial charge in [0.2, 0.25) is 17.7 Å². The van der Waals surface area contributed by atoms with Crippen LogP contribution in [0.15, 0.2) is 41.9 Å². The Morgan fingerprint density at radius 1 is 0.977 bits per heavy atom. The fourth-order valence-electron chi connectivity index (χ4n) is 5.79. The number of carbonyl (C=O) groups excluding carboxylic acids is 3. The van der Waals surface area contributed by atoms with Gasteiger partial charge in [-0.25, -0.2) is 4.98 Å². The van der Waals surface area contributed by atoms with Crippen LogP contribution in [0.2, 0.25) is 0 Å². The van der Waals surface area contributed by atoms with E-state index in [1.54, 1.807) is 6.20 Å². The Labute approximate surface area is 260 Å². The minimum Gasteiger partial charge on any atom is -0.384 e. The van der Waals surface area contributed by atoms with Gasteiger partial charge in [-0.15, -0.1) is 11.3 Å². The lowest BCUT2D eigenvalue weighted by atomic mass is 9.83. The van der Waals surface area contributed by atoms with Gasteiger partial charge < -0.3 is 26.8 Å². The van der Waals surface area contributed by atoms with E-state index in [0.29, 0.717) is 49.6 Å². The Morgan fingerprint density at radius 2 is 1.70 bits per heavy atom. The van der Waals surface area contributed by atoms with Crippen LogP contribution in [0.4, 0.5) is 0 Å². The summed E-state index contributed by atoms with van der Waals surface area (Å²) in [6.45, 7) is 4.59. The fourth-order valence-corrected chi connectivity index (χ4v) is 6.48. The zero-order valence-electron chi connectivity index (χ0n) is 25.8. The monoisotopic (exact) mass is 613 g/mol. The zero-order valence-corrected chi connectivity index (χ0v) is 26.6. The number of nitrogens with two attached hydrogens (primary N) is 1. The molecule has 1 aliphatic rings. The number of hydrogen-bond acceptors (Lipinski definition) is 7. The molecule has 2 aromatic rings. The predicted octanol–water partition coefficient (Wildman–Crippen LogP) is 4.41. The topological polar surface area (TPSA) is 146 Å². The summed E-state index contributed by atoms with van der Waals surface area (Å²) in [5.41, 5.74) is 6.48. The molecule has 1 aliphatic carbocycles. The van der Waals surface area contributed by atoms with Crippen molar-refractivity contribution >= 4 is 29.1 Å². The first-order valence-electron chi connectivity index (χ1n) is 16.0. The SMILES string of the molecule is CC(C)CC(NC(=O)C(Cc1ccccc1)NC(=O)CCCCCN)C(=O)NC(CC1CCCCC1)C(O)c1nccs1. The van der Waals surface area contributed by atoms with Crippen LogP contribution in [0, 0.1) is 11.8 Å². The van der Waals surface area contributed by atoms with E-state index in [9.17, 15) is 19.5 Å². The first-order valence-corrected chi connectivity index (χ1v) is 16.9. The lowest BCUT2D eigenvalue weighted by Gasteiger charge is -2.31. The Bertz CT molecular complexity index is 1090. The van der Waals surface area contributed by atoms with E-state index in [0.717, 1.165) is 44.1 Å². The van der Waals surface area contributed by atoms with Crippen molar-refractivity contribution in [3.63, 3.8) is 0 Å². The summed E-state index contributed by atoms with van der Waals surface area (Å²) < 4.78 is 0. The number of aliphatic hydroxyl groups is 1. The zero-order chi connectivity index (χ0) is 31.0. The van der Waals surface area contributed by atoms with E-state index in [2.05, 4.69) is 20.9 Å². The van der Waals surface area contributed by atoms with Crippen molar-refractivity contribution in [3.8, 4) is 0 Å². The highest BCUT2D eigenvalue weighted by Crippen LogP contribution is 2.31. The van der Waals surface area contributed by atoms with E-state index in [-0.39, 0.29) is 17.7 Å². The summed E-state index contributed by atoms with van der Waals surface area (Å²) >= 11 is 1.37. The molecule has 4 atom stereocenters. The van der Waals surface area contributed by atoms with Crippen LogP contribution in [0.5, 0.6) is 0 Å². The Morgan fingerprint density at radius 3 is 2.35 bits per heavy atom. The third kappa shape index (κ3) is 12.4. The quantitative estimate of drug-likeness (QED) is 0.158. The second kappa shape index (κ2) is 18.8. The molecule has 1 saturated carbocycles. The number of unbranched alkanes of at least 4 members (excludes halogenated alkanes) is 2. The standard InChI is InChI=1S/C33H51N5O4S/c1-23(2)20-27(31(41)37-26(21-24-12-6-3-7-13-24)30(40)33-35-18-19-43-33)38-32(42)28(22-25-14-8-4-9-15-25)36-29(39)16-10-5-11-17-34/h4,8-9,14-15,18-19,23-24,26-28,30,40H,3,5-7,10-13,16-17,20-22,34H2,1-2H3,(H,36,39)(H,37,41)(H,38,42). The third-order valence-corrected chi connectivity index (χ3v) is 8.95. The number of aliphatic hydroxyl groups excluding tert-OH is 1. The van der Waals surface area contributed by atoms with Gasteiger partial charge in [0.05, 0.1) is 6.04 Å². The largest absolute Gasteiger partial charge is 0.384 e. The minimum atomic E-state index is -0.925. The van der Waals surface area contributed by atoms with Crippen molar-refractivity contribution in [3.05, 3.63) is 52.5 Å². The summed E-state index contributed by atoms with van der Waals surface area (Å²) in [6.07, 6.45) is 10.5. The highest BCUT2D eigenvalue weighted by Gasteiger charge is 2.33. The molecule has 3 amide bonds. The molecule has 0 saturated heterocycles. The maximum atomic E-state index is 13.8. The molecule has 0 spiro atoms. The highest BCUT2D eigenvalue weighted by atomic mass is 32.1. The van der Waals surface area contributed by atoms with Crippen LogP contribution in [0.1, 0.15) is 101 Å². The molecule has 0 bridgehead atoms. The third-order valence-electron chi connectivity index (χ3n) is 8.11. The molecule has 238 valence electrons. The molecule has 0 radical (unpaired) electrons. The van der Waals surface area contributed by atoms with Gasteiger partial charge in [0.25, 0.3) is 0 Å². The number of carbonyl (C=O) groups is 3. The number of amides is 3. The molecule has 1 heterocycles. The maximum absolute atomic E-state index is 13.8. The molecule has 1 aromatic carbocycles. The van der Waals surface area contributed by atoms with Gasteiger partial charge in [0.15, 0.2) is 0 Å². The van der Waals surface area contributed by atoms with Gasteiger partial charge in [0, 0.05) is 24.4 Å². The van der Waals surface area contributed by atoms with Gasteiger partial charge in [-0.3, -0.25) is 14.4 Å². The van der Waals surface area contributed by atoms with Crippen molar-refractivity contribution in [2.24, 2.45) is 17.6 Å². The summed E-state index contributed by atoms with van der Waals surface area (Å²) in [6, 6.07) is 7.38. The number of aromatic nitrogens is 1. The first-order chi connectivity index (χ1) is 20.8. The summed E-state index contributed by atoms with van der Waals surface area (Å²) in [4.78, 5) is 44.6. The molecule has 43 heavy (non-hydrogen) atoms. The maximum Gasteiger partial charge on any atom is 0.243 e. The van der Waals surface area contributed by atoms with Gasteiger partial charge in [-0.05, 0) is 49.6 Å². The average molecular weight is 614 g/mol. The lowest BCUT2D eigenvalue weighted by Crippen LogP contribution is -2.56. The van der Waals surface area contributed by atoms with Gasteiger partial charge in [0.1, 0.15) is 23.2 Å². The van der Waals surface area contributed by atoms with Crippen LogP contribution < -0.4 is 21.7 Å². The minimum absolute atomic E-state index is 0.126. The van der Waals surface area contributed by atoms with E-state index in [4.69, 9.17) is 5.73 Å². The Balaban J connectivity index is 1.74. The Kier molecular flexibility index (Phi) is 15.1. The number of thiazole rings is 1. The highest BCUT2D eigenvalue weighted by molar-refractivity contribution is 7.09. The smallest absolute Gasteiger partial charge is 0.243 e. The van der Waals surface area contributed by atoms with E-state index in [1.807, 2.05) is 49.6 Å². The van der Waals surface area contributed by atoms with Crippen LogP contribution in [-0.2, 0) is 20.8 Å². The number of nitrogens with one attached hydrogen (secondary N) is 3. The van der Waals surface area contributed by atoms with E-state index >= 15 is 0 Å². The fraction of sp³-hybridized carbons (Fsp3) is 0.636. The molecule has 4 unspecified atom stereocenters. The summed E-state index contributed by atoms with van der Waals surface area (Å²) in [7, 11) is 0. The first kappa shape index (κ1) is 34.7. The number of nitrogens with zero attached hydrogens (tertiary/aromatic N) is 1. The van der Waals surface area contributed by atoms with E-state index < -0.39 is 30.1 Å². The van der Waals surface area contributed by atoms with Gasteiger partial charge in [-0.1, -0.05) is 82.7 Å².